The van der Waals surface area contributed by atoms with Crippen LogP contribution in [0, 0.1) is 0 Å². The molecule has 1 aromatic rings. The smallest absolute Gasteiger partial charge is 0.339 e. The van der Waals surface area contributed by atoms with Gasteiger partial charge in [0.05, 0.1) is 29.2 Å². The van der Waals surface area contributed by atoms with Crippen molar-refractivity contribution in [3.05, 3.63) is 53.6 Å². The lowest BCUT2D eigenvalue weighted by Crippen LogP contribution is -2.16. The maximum atomic E-state index is 12.8. The molecule has 262 valence electrons. The van der Waals surface area contributed by atoms with Crippen LogP contribution in [0.4, 0.5) is 0 Å². The number of hydrogen-bond donors (Lipinski definition) is 1. The Morgan fingerprint density at radius 3 is 1.35 bits per heavy atom. The lowest BCUT2D eigenvalue weighted by molar-refractivity contribution is 0.0450. The molecule has 0 aliphatic rings. The van der Waals surface area contributed by atoms with E-state index in [-0.39, 0.29) is 24.3 Å². The highest BCUT2D eigenvalue weighted by Crippen LogP contribution is 2.19. The lowest BCUT2D eigenvalue weighted by atomic mass is 10.1. The summed E-state index contributed by atoms with van der Waals surface area (Å²) in [7, 11) is -4.57. The lowest BCUT2D eigenvalue weighted by Gasteiger charge is -2.11. The number of esters is 2. The van der Waals surface area contributed by atoms with Gasteiger partial charge in [-0.2, -0.15) is 8.42 Å². The van der Waals surface area contributed by atoms with Crippen LogP contribution in [0.5, 0.6) is 0 Å². The van der Waals surface area contributed by atoms with Gasteiger partial charge in [-0.05, 0) is 95.2 Å². The van der Waals surface area contributed by atoms with E-state index in [1.165, 1.54) is 83.1 Å². The number of unbranched alkanes of at least 4 members (excludes halogenated alkanes) is 18. The molecular weight excluding hydrogens is 600 g/mol. The van der Waals surface area contributed by atoms with E-state index in [1.54, 1.807) is 0 Å². The number of carbonyl (C=O) groups excluding carboxylic acids is 2. The molecular formula is C38H62O7S. The van der Waals surface area contributed by atoms with Gasteiger partial charge in [0, 0.05) is 0 Å². The van der Waals surface area contributed by atoms with E-state index < -0.39 is 27.0 Å². The van der Waals surface area contributed by atoms with Gasteiger partial charge in [-0.15, -0.1) is 0 Å². The molecule has 0 saturated heterocycles. The van der Waals surface area contributed by atoms with Crippen molar-refractivity contribution in [3.63, 3.8) is 0 Å². The Balaban J connectivity index is 2.38. The first-order valence-electron chi connectivity index (χ1n) is 18.1. The highest BCUT2D eigenvalue weighted by Gasteiger charge is 2.23. The van der Waals surface area contributed by atoms with E-state index in [0.717, 1.165) is 63.5 Å². The van der Waals surface area contributed by atoms with Crippen LogP contribution >= 0.6 is 0 Å². The van der Waals surface area contributed by atoms with Crippen LogP contribution in [0.15, 0.2) is 47.4 Å². The third-order valence-electron chi connectivity index (χ3n) is 8.01. The van der Waals surface area contributed by atoms with E-state index in [0.29, 0.717) is 12.8 Å². The monoisotopic (exact) mass is 662 g/mol. The molecule has 1 rings (SSSR count). The average molecular weight is 663 g/mol. The molecule has 0 unspecified atom stereocenters. The maximum absolute atomic E-state index is 12.8. The number of carbonyl (C=O) groups is 2. The summed E-state index contributed by atoms with van der Waals surface area (Å²) >= 11 is 0. The first kappa shape index (κ1) is 41.6. The van der Waals surface area contributed by atoms with Crippen LogP contribution in [0.2, 0.25) is 0 Å². The summed E-state index contributed by atoms with van der Waals surface area (Å²) in [5, 5.41) is 0. The fourth-order valence-corrected chi connectivity index (χ4v) is 5.66. The Kier molecular flexibility index (Phi) is 25.0. The van der Waals surface area contributed by atoms with Gasteiger partial charge in [0.1, 0.15) is 0 Å². The zero-order chi connectivity index (χ0) is 33.7. The molecule has 8 heteroatoms. The van der Waals surface area contributed by atoms with Gasteiger partial charge in [-0.25, -0.2) is 9.59 Å². The number of hydrogen-bond acceptors (Lipinski definition) is 6. The Morgan fingerprint density at radius 1 is 0.565 bits per heavy atom. The van der Waals surface area contributed by atoms with Gasteiger partial charge in [0.15, 0.2) is 0 Å². The predicted octanol–water partition coefficient (Wildman–Crippen LogP) is 11.0. The van der Waals surface area contributed by atoms with E-state index >= 15 is 0 Å². The van der Waals surface area contributed by atoms with E-state index in [9.17, 15) is 22.6 Å². The van der Waals surface area contributed by atoms with Crippen molar-refractivity contribution in [2.75, 3.05) is 13.2 Å². The van der Waals surface area contributed by atoms with Crippen LogP contribution < -0.4 is 0 Å². The maximum Gasteiger partial charge on any atom is 0.339 e. The van der Waals surface area contributed by atoms with Crippen LogP contribution in [0.25, 0.3) is 0 Å². The highest BCUT2D eigenvalue weighted by atomic mass is 32.2. The number of allylic oxidation sites excluding steroid dienone is 4. The molecule has 7 nitrogen and oxygen atoms in total. The minimum atomic E-state index is -4.57. The third-order valence-corrected chi connectivity index (χ3v) is 8.86. The second kappa shape index (κ2) is 27.6. The zero-order valence-corrected chi connectivity index (χ0v) is 29.6. The van der Waals surface area contributed by atoms with Gasteiger partial charge < -0.3 is 9.47 Å². The molecule has 0 saturated carbocycles. The Labute approximate surface area is 280 Å². The summed E-state index contributed by atoms with van der Waals surface area (Å²) in [6.07, 6.45) is 33.9. The van der Waals surface area contributed by atoms with Crippen molar-refractivity contribution >= 4 is 22.1 Å². The molecule has 0 atom stereocenters. The normalized spacial score (nSPS) is 11.9. The van der Waals surface area contributed by atoms with Gasteiger partial charge in [-0.3, -0.25) is 4.55 Å². The fourth-order valence-electron chi connectivity index (χ4n) is 5.15. The second-order valence-corrected chi connectivity index (χ2v) is 13.6. The predicted molar refractivity (Wildman–Crippen MR) is 188 cm³/mol. The topological polar surface area (TPSA) is 107 Å². The number of ether oxygens (including phenoxy) is 2. The Hall–Kier alpha value is -2.45. The molecule has 1 aromatic carbocycles. The SMILES string of the molecule is CCCCCCCC/C=C/CCCCCOC(=O)c1ccc(S(=O)(=O)O)cc1C(=O)OCCCCC/C=C/CCCCCCCC. The second-order valence-electron chi connectivity index (χ2n) is 12.2. The van der Waals surface area contributed by atoms with Crippen molar-refractivity contribution in [3.8, 4) is 0 Å². The van der Waals surface area contributed by atoms with Gasteiger partial charge in [-0.1, -0.05) is 102 Å². The highest BCUT2D eigenvalue weighted by molar-refractivity contribution is 7.85. The van der Waals surface area contributed by atoms with Crippen molar-refractivity contribution in [2.24, 2.45) is 0 Å². The van der Waals surface area contributed by atoms with Crippen LogP contribution in [0.3, 0.4) is 0 Å². The average Bonchev–Trinajstić information content (AvgIpc) is 3.04. The standard InChI is InChI=1S/C38H62O7S/c1-3-5-7-9-11-13-15-17-19-21-23-25-27-31-44-37(39)35-30-29-34(46(41,42)43)33-36(35)38(40)45-32-28-26-24-22-20-18-16-14-12-10-8-6-4-2/h17-20,29-30,33H,3-16,21-28,31-32H2,1-2H3,(H,41,42,43)/b19-17+,20-18+. The van der Waals surface area contributed by atoms with Crippen LogP contribution in [-0.2, 0) is 19.6 Å². The minimum absolute atomic E-state index is 0.0782. The third kappa shape index (κ3) is 21.4. The summed E-state index contributed by atoms with van der Waals surface area (Å²) in [5.41, 5.74) is -0.307. The summed E-state index contributed by atoms with van der Waals surface area (Å²) < 4.78 is 43.6. The van der Waals surface area contributed by atoms with Crippen molar-refractivity contribution in [1.29, 1.82) is 0 Å². The van der Waals surface area contributed by atoms with E-state index in [2.05, 4.69) is 38.2 Å². The molecule has 0 fully saturated rings. The Bertz CT molecular complexity index is 1110. The zero-order valence-electron chi connectivity index (χ0n) is 28.8. The molecule has 0 amide bonds. The summed E-state index contributed by atoms with van der Waals surface area (Å²) in [4.78, 5) is 25.2. The largest absolute Gasteiger partial charge is 0.462 e. The molecule has 0 spiro atoms. The summed E-state index contributed by atoms with van der Waals surface area (Å²) in [5.74, 6) is -1.54. The summed E-state index contributed by atoms with van der Waals surface area (Å²) in [6, 6.07) is 3.24. The van der Waals surface area contributed by atoms with Crippen molar-refractivity contribution < 1.29 is 32.0 Å². The van der Waals surface area contributed by atoms with Crippen molar-refractivity contribution in [2.45, 2.75) is 160 Å². The van der Waals surface area contributed by atoms with E-state index in [1.807, 2.05) is 0 Å². The molecule has 0 heterocycles. The quantitative estimate of drug-likeness (QED) is 0.0393. The molecule has 0 radical (unpaired) electrons. The molecule has 0 aromatic heterocycles. The molecule has 0 bridgehead atoms. The molecule has 1 N–H and O–H groups in total. The van der Waals surface area contributed by atoms with E-state index in [4.69, 9.17) is 9.47 Å². The molecule has 0 aliphatic carbocycles. The fraction of sp³-hybridized carbons (Fsp3) is 0.684. The first-order valence-corrected chi connectivity index (χ1v) is 19.5. The molecule has 0 aliphatic heterocycles. The number of rotatable bonds is 29. The van der Waals surface area contributed by atoms with Crippen LogP contribution in [0.1, 0.15) is 176 Å². The van der Waals surface area contributed by atoms with Crippen molar-refractivity contribution in [1.82, 2.24) is 0 Å². The Morgan fingerprint density at radius 2 is 0.935 bits per heavy atom. The number of benzene rings is 1. The van der Waals surface area contributed by atoms with Gasteiger partial charge in [0.2, 0.25) is 0 Å². The summed E-state index contributed by atoms with van der Waals surface area (Å²) in [6.45, 7) is 4.81. The minimum Gasteiger partial charge on any atom is -0.462 e. The van der Waals surface area contributed by atoms with Gasteiger partial charge >= 0.3 is 11.9 Å². The molecule has 46 heavy (non-hydrogen) atoms. The van der Waals surface area contributed by atoms with Crippen LogP contribution in [-0.4, -0.2) is 38.1 Å². The van der Waals surface area contributed by atoms with Gasteiger partial charge in [0.25, 0.3) is 10.1 Å². The first-order chi connectivity index (χ1) is 22.3.